The maximum atomic E-state index is 12.3. The average molecular weight is 285 g/mol. The SMILES string of the molecule is CC(C)SC(NC(=O)c1ccccc1)c1ccccc1. The predicted octanol–water partition coefficient (Wildman–Crippen LogP) is 4.26. The van der Waals surface area contributed by atoms with Gasteiger partial charge in [0.25, 0.3) is 5.91 Å². The summed E-state index contributed by atoms with van der Waals surface area (Å²) in [6.07, 6.45) is 0. The van der Waals surface area contributed by atoms with Crippen LogP contribution in [0.1, 0.15) is 35.1 Å². The number of carbonyl (C=O) groups excluding carboxylic acids is 1. The Morgan fingerprint density at radius 3 is 2.05 bits per heavy atom. The largest absolute Gasteiger partial charge is 0.336 e. The summed E-state index contributed by atoms with van der Waals surface area (Å²) in [6.45, 7) is 4.27. The first-order valence-electron chi connectivity index (χ1n) is 6.73. The number of amides is 1. The lowest BCUT2D eigenvalue weighted by Gasteiger charge is -2.20. The lowest BCUT2D eigenvalue weighted by atomic mass is 10.2. The molecule has 1 unspecified atom stereocenters. The van der Waals surface area contributed by atoms with Crippen molar-refractivity contribution in [3.8, 4) is 0 Å². The van der Waals surface area contributed by atoms with Gasteiger partial charge in [-0.15, -0.1) is 11.8 Å². The fraction of sp³-hybridized carbons (Fsp3) is 0.235. The highest BCUT2D eigenvalue weighted by molar-refractivity contribution is 8.00. The Labute approximate surface area is 124 Å². The molecular formula is C17H19NOS. The summed E-state index contributed by atoms with van der Waals surface area (Å²) in [5.74, 6) is -0.0346. The van der Waals surface area contributed by atoms with E-state index < -0.39 is 0 Å². The minimum atomic E-state index is -0.0346. The second-order valence-corrected chi connectivity index (χ2v) is 6.50. The van der Waals surface area contributed by atoms with E-state index in [1.165, 1.54) is 0 Å². The van der Waals surface area contributed by atoms with Gasteiger partial charge in [0.2, 0.25) is 0 Å². The van der Waals surface area contributed by atoms with E-state index >= 15 is 0 Å². The van der Waals surface area contributed by atoms with Crippen LogP contribution in [0.5, 0.6) is 0 Å². The normalized spacial score (nSPS) is 12.2. The van der Waals surface area contributed by atoms with Gasteiger partial charge in [-0.2, -0.15) is 0 Å². The maximum Gasteiger partial charge on any atom is 0.252 e. The summed E-state index contributed by atoms with van der Waals surface area (Å²) in [6, 6.07) is 19.4. The quantitative estimate of drug-likeness (QED) is 0.832. The smallest absolute Gasteiger partial charge is 0.252 e. The summed E-state index contributed by atoms with van der Waals surface area (Å²) in [5, 5.41) is 3.52. The van der Waals surface area contributed by atoms with E-state index in [0.29, 0.717) is 10.8 Å². The molecule has 104 valence electrons. The summed E-state index contributed by atoms with van der Waals surface area (Å²) >= 11 is 1.74. The van der Waals surface area contributed by atoms with Crippen LogP contribution in [-0.2, 0) is 0 Å². The summed E-state index contributed by atoms with van der Waals surface area (Å²) in [4.78, 5) is 12.3. The molecule has 0 bridgehead atoms. The molecule has 0 fully saturated rings. The van der Waals surface area contributed by atoms with Crippen LogP contribution in [0.25, 0.3) is 0 Å². The molecule has 1 atom stereocenters. The summed E-state index contributed by atoms with van der Waals surface area (Å²) in [7, 11) is 0. The maximum absolute atomic E-state index is 12.3. The van der Waals surface area contributed by atoms with Crippen LogP contribution in [0.2, 0.25) is 0 Å². The second-order valence-electron chi connectivity index (χ2n) is 4.82. The first-order valence-corrected chi connectivity index (χ1v) is 7.67. The molecule has 2 aromatic carbocycles. The van der Waals surface area contributed by atoms with Crippen molar-refractivity contribution in [2.75, 3.05) is 0 Å². The third-order valence-corrected chi connectivity index (χ3v) is 4.02. The van der Waals surface area contributed by atoms with E-state index in [4.69, 9.17) is 0 Å². The van der Waals surface area contributed by atoms with Gasteiger partial charge >= 0.3 is 0 Å². The minimum Gasteiger partial charge on any atom is -0.336 e. The standard InChI is InChI=1S/C17H19NOS/c1-13(2)20-17(15-11-7-4-8-12-15)18-16(19)14-9-5-3-6-10-14/h3-13,17H,1-2H3,(H,18,19). The first-order chi connectivity index (χ1) is 9.66. The van der Waals surface area contributed by atoms with Crippen molar-refractivity contribution in [2.24, 2.45) is 0 Å². The average Bonchev–Trinajstić information content (AvgIpc) is 2.48. The first kappa shape index (κ1) is 14.7. The molecule has 0 saturated heterocycles. The molecule has 2 nitrogen and oxygen atoms in total. The molecular weight excluding hydrogens is 266 g/mol. The fourth-order valence-electron chi connectivity index (χ4n) is 1.89. The molecule has 0 aliphatic carbocycles. The van der Waals surface area contributed by atoms with Crippen LogP contribution in [0.3, 0.4) is 0 Å². The lowest BCUT2D eigenvalue weighted by Crippen LogP contribution is -2.27. The van der Waals surface area contributed by atoms with Gasteiger partial charge in [-0.1, -0.05) is 62.4 Å². The molecule has 0 aliphatic rings. The zero-order valence-electron chi connectivity index (χ0n) is 11.7. The molecule has 1 N–H and O–H groups in total. The Morgan fingerprint density at radius 1 is 0.950 bits per heavy atom. The highest BCUT2D eigenvalue weighted by atomic mass is 32.2. The molecule has 0 aliphatic heterocycles. The highest BCUT2D eigenvalue weighted by Gasteiger charge is 2.17. The molecule has 2 aromatic rings. The molecule has 20 heavy (non-hydrogen) atoms. The zero-order chi connectivity index (χ0) is 14.4. The number of thioether (sulfide) groups is 1. The Kier molecular flexibility index (Phi) is 5.24. The van der Waals surface area contributed by atoms with E-state index in [1.54, 1.807) is 11.8 Å². The van der Waals surface area contributed by atoms with E-state index in [9.17, 15) is 4.79 Å². The van der Waals surface area contributed by atoms with Crippen molar-refractivity contribution >= 4 is 17.7 Å². The van der Waals surface area contributed by atoms with E-state index in [1.807, 2.05) is 60.7 Å². The third-order valence-electron chi connectivity index (χ3n) is 2.81. The molecule has 1 amide bonds. The number of rotatable bonds is 5. The Balaban J connectivity index is 2.14. The Hall–Kier alpha value is -1.74. The summed E-state index contributed by atoms with van der Waals surface area (Å²) < 4.78 is 0. The van der Waals surface area contributed by atoms with Gasteiger partial charge in [-0.05, 0) is 17.7 Å². The fourth-order valence-corrected chi connectivity index (χ4v) is 2.92. The third kappa shape index (κ3) is 4.14. The van der Waals surface area contributed by atoms with Gasteiger partial charge < -0.3 is 5.32 Å². The molecule has 0 spiro atoms. The van der Waals surface area contributed by atoms with E-state index in [-0.39, 0.29) is 11.3 Å². The van der Waals surface area contributed by atoms with Gasteiger partial charge in [0.05, 0.1) is 0 Å². The van der Waals surface area contributed by atoms with Crippen molar-refractivity contribution in [1.82, 2.24) is 5.32 Å². The van der Waals surface area contributed by atoms with Crippen LogP contribution in [0, 0.1) is 0 Å². The number of carbonyl (C=O) groups is 1. The molecule has 0 heterocycles. The number of hydrogen-bond acceptors (Lipinski definition) is 2. The summed E-state index contributed by atoms with van der Waals surface area (Å²) in [5.41, 5.74) is 1.81. The monoisotopic (exact) mass is 285 g/mol. The lowest BCUT2D eigenvalue weighted by molar-refractivity contribution is 0.0949. The van der Waals surface area contributed by atoms with Gasteiger partial charge in [-0.3, -0.25) is 4.79 Å². The van der Waals surface area contributed by atoms with E-state index in [0.717, 1.165) is 5.56 Å². The van der Waals surface area contributed by atoms with Crippen LogP contribution in [-0.4, -0.2) is 11.2 Å². The van der Waals surface area contributed by atoms with Crippen molar-refractivity contribution in [3.63, 3.8) is 0 Å². The Bertz CT molecular complexity index is 539. The predicted molar refractivity (Wildman–Crippen MR) is 85.8 cm³/mol. The highest BCUT2D eigenvalue weighted by Crippen LogP contribution is 2.29. The Morgan fingerprint density at radius 2 is 1.50 bits per heavy atom. The van der Waals surface area contributed by atoms with Crippen molar-refractivity contribution in [3.05, 3.63) is 71.8 Å². The van der Waals surface area contributed by atoms with E-state index in [2.05, 4.69) is 19.2 Å². The minimum absolute atomic E-state index is 0.0242. The molecule has 2 rings (SSSR count). The molecule has 3 heteroatoms. The molecule has 0 aromatic heterocycles. The van der Waals surface area contributed by atoms with Crippen LogP contribution in [0.15, 0.2) is 60.7 Å². The van der Waals surface area contributed by atoms with Crippen LogP contribution in [0.4, 0.5) is 0 Å². The number of hydrogen-bond donors (Lipinski definition) is 1. The second kappa shape index (κ2) is 7.15. The van der Waals surface area contributed by atoms with Crippen molar-refractivity contribution in [2.45, 2.75) is 24.5 Å². The van der Waals surface area contributed by atoms with Crippen LogP contribution >= 0.6 is 11.8 Å². The van der Waals surface area contributed by atoms with Crippen molar-refractivity contribution < 1.29 is 4.79 Å². The van der Waals surface area contributed by atoms with Gasteiger partial charge in [0.1, 0.15) is 5.37 Å². The van der Waals surface area contributed by atoms with Crippen LogP contribution < -0.4 is 5.32 Å². The number of benzene rings is 2. The van der Waals surface area contributed by atoms with Crippen molar-refractivity contribution in [1.29, 1.82) is 0 Å². The zero-order valence-corrected chi connectivity index (χ0v) is 12.6. The van der Waals surface area contributed by atoms with Gasteiger partial charge in [0.15, 0.2) is 0 Å². The van der Waals surface area contributed by atoms with Gasteiger partial charge in [0, 0.05) is 10.8 Å². The molecule has 0 radical (unpaired) electrons. The number of nitrogens with one attached hydrogen (secondary N) is 1. The van der Waals surface area contributed by atoms with Gasteiger partial charge in [-0.25, -0.2) is 0 Å². The topological polar surface area (TPSA) is 29.1 Å². The molecule has 0 saturated carbocycles.